The number of hydrogen-bond acceptors (Lipinski definition) is 4. The van der Waals surface area contributed by atoms with Crippen LogP contribution in [0, 0.1) is 6.92 Å². The lowest BCUT2D eigenvalue weighted by Gasteiger charge is -2.09. The van der Waals surface area contributed by atoms with Gasteiger partial charge in [0.15, 0.2) is 5.16 Å². The minimum atomic E-state index is -0.190. The van der Waals surface area contributed by atoms with E-state index in [1.807, 2.05) is 54.6 Å². The van der Waals surface area contributed by atoms with Crippen LogP contribution >= 0.6 is 27.7 Å². The highest BCUT2D eigenvalue weighted by Crippen LogP contribution is 2.25. The van der Waals surface area contributed by atoms with Gasteiger partial charge in [-0.25, -0.2) is 10.4 Å². The van der Waals surface area contributed by atoms with E-state index >= 15 is 0 Å². The van der Waals surface area contributed by atoms with Gasteiger partial charge in [0.1, 0.15) is 0 Å². The fourth-order valence-electron chi connectivity index (χ4n) is 3.27. The van der Waals surface area contributed by atoms with E-state index in [2.05, 4.69) is 68.3 Å². The van der Waals surface area contributed by atoms with Crippen molar-refractivity contribution in [1.82, 2.24) is 15.0 Å². The number of carbonyl (C=O) groups is 1. The van der Waals surface area contributed by atoms with E-state index < -0.39 is 0 Å². The number of benzene rings is 3. The van der Waals surface area contributed by atoms with Crippen LogP contribution in [-0.2, 0) is 11.3 Å². The van der Waals surface area contributed by atoms with Crippen LogP contribution < -0.4 is 5.43 Å². The van der Waals surface area contributed by atoms with Crippen LogP contribution in [0.3, 0.4) is 0 Å². The molecule has 4 aromatic rings. The number of nitrogens with zero attached hydrogens (tertiary/aromatic N) is 3. The van der Waals surface area contributed by atoms with Crippen molar-refractivity contribution in [1.29, 1.82) is 0 Å². The molecule has 0 radical (unpaired) electrons. The van der Waals surface area contributed by atoms with Crippen molar-refractivity contribution >= 4 is 56.9 Å². The fourth-order valence-corrected chi connectivity index (χ4v) is 4.44. The van der Waals surface area contributed by atoms with Crippen molar-refractivity contribution in [3.05, 3.63) is 100 Å². The van der Waals surface area contributed by atoms with Crippen molar-refractivity contribution < 1.29 is 4.79 Å². The van der Waals surface area contributed by atoms with Crippen LogP contribution in [0.15, 0.2) is 93.6 Å². The number of imidazole rings is 1. The number of aryl methyl sites for hydroxylation is 1. The Balaban J connectivity index is 1.40. The number of fused-ring (bicyclic) bond motifs is 1. The molecule has 166 valence electrons. The lowest BCUT2D eigenvalue weighted by atomic mass is 10.1. The standard InChI is InChI=1S/C26H23BrN4OS/c1-19-11-13-21(14-12-19)17-31-24-10-6-5-9-23(24)29-26(31)33-18-25(32)30-28-16-22(27)15-20-7-3-2-4-8-20/h2-16H,17-18H2,1H3,(H,30,32). The summed E-state index contributed by atoms with van der Waals surface area (Å²) in [6.45, 7) is 2.77. The molecule has 0 atom stereocenters. The van der Waals surface area contributed by atoms with Crippen LogP contribution in [0.2, 0.25) is 0 Å². The fraction of sp³-hybridized carbons (Fsp3) is 0.115. The molecule has 0 fully saturated rings. The molecule has 5 nitrogen and oxygen atoms in total. The van der Waals surface area contributed by atoms with Gasteiger partial charge in [-0.3, -0.25) is 4.79 Å². The minimum Gasteiger partial charge on any atom is -0.314 e. The van der Waals surface area contributed by atoms with Crippen LogP contribution in [0.5, 0.6) is 0 Å². The summed E-state index contributed by atoms with van der Waals surface area (Å²) in [6, 6.07) is 26.4. The Hall–Kier alpha value is -3.16. The molecule has 1 aromatic heterocycles. The predicted octanol–water partition coefficient (Wildman–Crippen LogP) is 6.02. The first-order valence-electron chi connectivity index (χ1n) is 10.5. The van der Waals surface area contributed by atoms with Crippen LogP contribution in [0.4, 0.5) is 0 Å². The zero-order chi connectivity index (χ0) is 23.0. The molecule has 33 heavy (non-hydrogen) atoms. The number of hydrazone groups is 1. The summed E-state index contributed by atoms with van der Waals surface area (Å²) in [5.74, 6) is 0.0272. The molecule has 7 heteroatoms. The second-order valence-corrected chi connectivity index (χ2v) is 9.33. The van der Waals surface area contributed by atoms with Gasteiger partial charge in [0, 0.05) is 4.48 Å². The monoisotopic (exact) mass is 518 g/mol. The zero-order valence-electron chi connectivity index (χ0n) is 18.1. The number of amides is 1. The first-order valence-corrected chi connectivity index (χ1v) is 12.2. The van der Waals surface area contributed by atoms with Crippen molar-refractivity contribution in [3.63, 3.8) is 0 Å². The molecule has 0 unspecified atom stereocenters. The smallest absolute Gasteiger partial charge is 0.250 e. The van der Waals surface area contributed by atoms with E-state index in [9.17, 15) is 4.79 Å². The number of para-hydroxylation sites is 2. The summed E-state index contributed by atoms with van der Waals surface area (Å²) >= 11 is 4.85. The number of aromatic nitrogens is 2. The van der Waals surface area contributed by atoms with Crippen molar-refractivity contribution in [2.45, 2.75) is 18.6 Å². The number of carbonyl (C=O) groups excluding carboxylic acids is 1. The van der Waals surface area contributed by atoms with Crippen molar-refractivity contribution in [2.75, 3.05) is 5.75 Å². The van der Waals surface area contributed by atoms with Crippen molar-refractivity contribution in [3.8, 4) is 0 Å². The predicted molar refractivity (Wildman–Crippen MR) is 141 cm³/mol. The summed E-state index contributed by atoms with van der Waals surface area (Å²) in [6.07, 6.45) is 3.50. The highest BCUT2D eigenvalue weighted by Gasteiger charge is 2.13. The summed E-state index contributed by atoms with van der Waals surface area (Å²) < 4.78 is 2.92. The lowest BCUT2D eigenvalue weighted by Crippen LogP contribution is -2.20. The van der Waals surface area contributed by atoms with Gasteiger partial charge >= 0.3 is 0 Å². The van der Waals surface area contributed by atoms with E-state index in [-0.39, 0.29) is 11.7 Å². The second-order valence-electron chi connectivity index (χ2n) is 7.48. The van der Waals surface area contributed by atoms with Crippen LogP contribution in [-0.4, -0.2) is 27.4 Å². The molecular weight excluding hydrogens is 496 g/mol. The molecule has 0 spiro atoms. The van der Waals surface area contributed by atoms with Crippen LogP contribution in [0.1, 0.15) is 16.7 Å². The Morgan fingerprint density at radius 2 is 1.79 bits per heavy atom. The Labute approximate surface area is 205 Å². The van der Waals surface area contributed by atoms with Crippen LogP contribution in [0.25, 0.3) is 17.1 Å². The highest BCUT2D eigenvalue weighted by atomic mass is 79.9. The van der Waals surface area contributed by atoms with Gasteiger partial charge in [0.05, 0.1) is 29.5 Å². The summed E-state index contributed by atoms with van der Waals surface area (Å²) in [5.41, 5.74) is 8.01. The van der Waals surface area contributed by atoms with Gasteiger partial charge in [-0.1, -0.05) is 84.1 Å². The number of allylic oxidation sites excluding steroid dienone is 1. The molecule has 0 aliphatic heterocycles. The summed E-state index contributed by atoms with van der Waals surface area (Å²) in [7, 11) is 0. The maximum Gasteiger partial charge on any atom is 0.250 e. The Kier molecular flexibility index (Phi) is 7.75. The van der Waals surface area contributed by atoms with Crippen molar-refractivity contribution in [2.24, 2.45) is 5.10 Å². The molecule has 0 aliphatic carbocycles. The topological polar surface area (TPSA) is 59.3 Å². The molecule has 1 heterocycles. The summed E-state index contributed by atoms with van der Waals surface area (Å²) in [4.78, 5) is 17.1. The first-order chi connectivity index (χ1) is 16.1. The number of thioether (sulfide) groups is 1. The number of hydrogen-bond donors (Lipinski definition) is 1. The molecular formula is C26H23BrN4OS. The van der Waals surface area contributed by atoms with E-state index in [4.69, 9.17) is 4.98 Å². The zero-order valence-corrected chi connectivity index (χ0v) is 20.5. The quantitative estimate of drug-likeness (QED) is 0.176. The van der Waals surface area contributed by atoms with Gasteiger partial charge in [-0.2, -0.15) is 5.10 Å². The third-order valence-corrected chi connectivity index (χ3v) is 6.30. The van der Waals surface area contributed by atoms with Gasteiger partial charge in [-0.05, 0) is 52.2 Å². The molecule has 0 bridgehead atoms. The molecule has 0 aliphatic rings. The molecule has 0 saturated heterocycles. The van der Waals surface area contributed by atoms with Gasteiger partial charge < -0.3 is 4.57 Å². The number of halogens is 1. The molecule has 4 rings (SSSR count). The number of rotatable bonds is 8. The van der Waals surface area contributed by atoms with E-state index in [1.54, 1.807) is 6.21 Å². The van der Waals surface area contributed by atoms with E-state index in [0.717, 1.165) is 26.2 Å². The average Bonchev–Trinajstić information content (AvgIpc) is 3.17. The second kappa shape index (κ2) is 11.1. The molecule has 3 aromatic carbocycles. The van der Waals surface area contributed by atoms with Gasteiger partial charge in [0.2, 0.25) is 0 Å². The molecule has 1 N–H and O–H groups in total. The van der Waals surface area contributed by atoms with Gasteiger partial charge in [0.25, 0.3) is 5.91 Å². The van der Waals surface area contributed by atoms with Gasteiger partial charge in [-0.15, -0.1) is 0 Å². The minimum absolute atomic E-state index is 0.190. The Bertz CT molecular complexity index is 1300. The Morgan fingerprint density at radius 1 is 1.06 bits per heavy atom. The molecule has 0 saturated carbocycles. The normalized spacial score (nSPS) is 11.9. The third kappa shape index (κ3) is 6.43. The van der Waals surface area contributed by atoms with E-state index in [1.165, 1.54) is 22.9 Å². The lowest BCUT2D eigenvalue weighted by molar-refractivity contribution is -0.118. The Morgan fingerprint density at radius 3 is 2.58 bits per heavy atom. The maximum atomic E-state index is 12.4. The first kappa shape index (κ1) is 23.0. The van der Waals surface area contributed by atoms with E-state index in [0.29, 0.717) is 6.54 Å². The highest BCUT2D eigenvalue weighted by molar-refractivity contribution is 9.12. The largest absolute Gasteiger partial charge is 0.314 e. The molecule has 1 amide bonds. The summed E-state index contributed by atoms with van der Waals surface area (Å²) in [5, 5.41) is 4.85. The third-order valence-electron chi connectivity index (χ3n) is 4.89. The number of nitrogens with one attached hydrogen (secondary N) is 1. The SMILES string of the molecule is Cc1ccc(Cn2c(SCC(=O)NN=CC(Br)=Cc3ccccc3)nc3ccccc32)cc1. The maximum absolute atomic E-state index is 12.4. The average molecular weight is 519 g/mol.